The highest BCUT2D eigenvalue weighted by atomic mass is 16.1. The van der Waals surface area contributed by atoms with Crippen molar-refractivity contribution < 1.29 is 9.59 Å². The van der Waals surface area contributed by atoms with Crippen molar-refractivity contribution in [2.24, 2.45) is 7.05 Å². The molecule has 0 N–H and O–H groups in total. The molecule has 0 aliphatic heterocycles. The summed E-state index contributed by atoms with van der Waals surface area (Å²) in [5, 5.41) is 0. The Morgan fingerprint density at radius 2 is 2.12 bits per heavy atom. The van der Waals surface area contributed by atoms with Crippen molar-refractivity contribution in [3.63, 3.8) is 0 Å². The standard InChI is InChI=1S/C12H12N2O2/c1-8(15)5-12(16)9-3-4-11-10(6-9)13-7-14(11)2/h3-4,6-7H,5H2,1-2H3. The lowest BCUT2D eigenvalue weighted by Gasteiger charge is -1.99. The molecule has 0 bridgehead atoms. The van der Waals surface area contributed by atoms with Gasteiger partial charge in [-0.2, -0.15) is 0 Å². The lowest BCUT2D eigenvalue weighted by atomic mass is 10.1. The summed E-state index contributed by atoms with van der Waals surface area (Å²) < 4.78 is 1.88. The van der Waals surface area contributed by atoms with Crippen LogP contribution in [0, 0.1) is 0 Å². The summed E-state index contributed by atoms with van der Waals surface area (Å²) in [5.41, 5.74) is 2.29. The van der Waals surface area contributed by atoms with Crippen molar-refractivity contribution in [2.45, 2.75) is 13.3 Å². The SMILES string of the molecule is CC(=O)CC(=O)c1ccc2c(c1)ncn2C. The molecular weight excluding hydrogens is 204 g/mol. The number of rotatable bonds is 3. The molecule has 0 spiro atoms. The number of benzene rings is 1. The van der Waals surface area contributed by atoms with Crippen molar-refractivity contribution in [3.8, 4) is 0 Å². The fourth-order valence-corrected chi connectivity index (χ4v) is 1.64. The highest BCUT2D eigenvalue weighted by Gasteiger charge is 2.10. The molecule has 4 heteroatoms. The first kappa shape index (κ1) is 10.5. The van der Waals surface area contributed by atoms with Crippen LogP contribution in [0.1, 0.15) is 23.7 Å². The average molecular weight is 216 g/mol. The maximum Gasteiger partial charge on any atom is 0.170 e. The molecule has 1 aromatic heterocycles. The molecule has 0 fully saturated rings. The second kappa shape index (κ2) is 3.89. The van der Waals surface area contributed by atoms with E-state index in [9.17, 15) is 9.59 Å². The molecule has 16 heavy (non-hydrogen) atoms. The van der Waals surface area contributed by atoms with E-state index in [1.807, 2.05) is 17.7 Å². The van der Waals surface area contributed by atoms with Crippen LogP contribution in [0.3, 0.4) is 0 Å². The van der Waals surface area contributed by atoms with Crippen LogP contribution in [0.15, 0.2) is 24.5 Å². The number of aromatic nitrogens is 2. The van der Waals surface area contributed by atoms with Gasteiger partial charge in [-0.15, -0.1) is 0 Å². The van der Waals surface area contributed by atoms with Gasteiger partial charge in [0.15, 0.2) is 5.78 Å². The highest BCUT2D eigenvalue weighted by Crippen LogP contribution is 2.15. The highest BCUT2D eigenvalue weighted by molar-refractivity contribution is 6.08. The van der Waals surface area contributed by atoms with E-state index >= 15 is 0 Å². The van der Waals surface area contributed by atoms with Gasteiger partial charge in [0.1, 0.15) is 5.78 Å². The van der Waals surface area contributed by atoms with Crippen LogP contribution in [0.5, 0.6) is 0 Å². The molecule has 0 saturated heterocycles. The van der Waals surface area contributed by atoms with Gasteiger partial charge in [-0.3, -0.25) is 9.59 Å². The van der Waals surface area contributed by atoms with Gasteiger partial charge in [0.25, 0.3) is 0 Å². The largest absolute Gasteiger partial charge is 0.334 e. The number of nitrogens with zero attached hydrogens (tertiary/aromatic N) is 2. The number of hydrogen-bond donors (Lipinski definition) is 0. The lowest BCUT2D eigenvalue weighted by molar-refractivity contribution is -0.116. The zero-order valence-corrected chi connectivity index (χ0v) is 9.23. The molecule has 0 atom stereocenters. The Balaban J connectivity index is 2.39. The molecule has 1 aromatic carbocycles. The van der Waals surface area contributed by atoms with Crippen LogP contribution in [-0.2, 0) is 11.8 Å². The Kier molecular flexibility index (Phi) is 2.56. The molecule has 0 unspecified atom stereocenters. The van der Waals surface area contributed by atoms with Gasteiger partial charge in [-0.05, 0) is 25.1 Å². The number of aryl methyl sites for hydroxylation is 1. The normalized spacial score (nSPS) is 10.6. The lowest BCUT2D eigenvalue weighted by Crippen LogP contribution is -2.04. The van der Waals surface area contributed by atoms with Crippen LogP contribution in [0.25, 0.3) is 11.0 Å². The predicted octanol–water partition coefficient (Wildman–Crippen LogP) is 1.74. The van der Waals surface area contributed by atoms with Crippen molar-refractivity contribution >= 4 is 22.6 Å². The minimum atomic E-state index is -0.153. The Morgan fingerprint density at radius 1 is 1.38 bits per heavy atom. The Labute approximate surface area is 92.9 Å². The van der Waals surface area contributed by atoms with Gasteiger partial charge in [-0.1, -0.05) is 0 Å². The minimum Gasteiger partial charge on any atom is -0.334 e. The Bertz CT molecular complexity index is 569. The maximum atomic E-state index is 11.7. The molecule has 1 heterocycles. The van der Waals surface area contributed by atoms with Crippen LogP contribution in [0.2, 0.25) is 0 Å². The number of imidazole rings is 1. The molecular formula is C12H12N2O2. The van der Waals surface area contributed by atoms with Crippen LogP contribution in [0.4, 0.5) is 0 Å². The molecule has 0 saturated carbocycles. The van der Waals surface area contributed by atoms with Crippen LogP contribution < -0.4 is 0 Å². The third-order valence-corrected chi connectivity index (χ3v) is 2.46. The summed E-state index contributed by atoms with van der Waals surface area (Å²) in [5.74, 6) is -0.272. The van der Waals surface area contributed by atoms with Crippen molar-refractivity contribution in [3.05, 3.63) is 30.1 Å². The van der Waals surface area contributed by atoms with E-state index in [0.29, 0.717) is 5.56 Å². The van der Waals surface area contributed by atoms with E-state index in [4.69, 9.17) is 0 Å². The van der Waals surface area contributed by atoms with Gasteiger partial charge >= 0.3 is 0 Å². The van der Waals surface area contributed by atoms with E-state index in [0.717, 1.165) is 11.0 Å². The van der Waals surface area contributed by atoms with Crippen molar-refractivity contribution in [1.29, 1.82) is 0 Å². The number of fused-ring (bicyclic) bond motifs is 1. The number of hydrogen-bond acceptors (Lipinski definition) is 3. The van der Waals surface area contributed by atoms with Gasteiger partial charge in [0.05, 0.1) is 23.8 Å². The van der Waals surface area contributed by atoms with E-state index in [1.54, 1.807) is 18.5 Å². The summed E-state index contributed by atoms with van der Waals surface area (Å²) in [6.07, 6.45) is 1.65. The summed E-state index contributed by atoms with van der Waals surface area (Å²) in [6.45, 7) is 1.41. The summed E-state index contributed by atoms with van der Waals surface area (Å²) >= 11 is 0. The van der Waals surface area contributed by atoms with E-state index in [1.165, 1.54) is 6.92 Å². The monoisotopic (exact) mass is 216 g/mol. The zero-order valence-electron chi connectivity index (χ0n) is 9.23. The Hall–Kier alpha value is -1.97. The molecule has 0 aliphatic carbocycles. The fourth-order valence-electron chi connectivity index (χ4n) is 1.64. The van der Waals surface area contributed by atoms with Crippen LogP contribution in [-0.4, -0.2) is 21.1 Å². The number of carbonyl (C=O) groups is 2. The molecule has 0 aliphatic rings. The van der Waals surface area contributed by atoms with Gasteiger partial charge < -0.3 is 4.57 Å². The van der Waals surface area contributed by atoms with E-state index < -0.39 is 0 Å². The summed E-state index contributed by atoms with van der Waals surface area (Å²) in [7, 11) is 1.90. The van der Waals surface area contributed by atoms with Crippen LogP contribution >= 0.6 is 0 Å². The molecule has 82 valence electrons. The first-order valence-electron chi connectivity index (χ1n) is 5.01. The second-order valence-corrected chi connectivity index (χ2v) is 3.86. The zero-order chi connectivity index (χ0) is 11.7. The minimum absolute atomic E-state index is 0.0433. The molecule has 0 amide bonds. The number of carbonyl (C=O) groups excluding carboxylic acids is 2. The quantitative estimate of drug-likeness (QED) is 0.580. The molecule has 0 radical (unpaired) electrons. The molecule has 2 rings (SSSR count). The first-order valence-corrected chi connectivity index (χ1v) is 5.01. The van der Waals surface area contributed by atoms with Gasteiger partial charge in [0, 0.05) is 12.6 Å². The summed E-state index contributed by atoms with van der Waals surface area (Å²) in [6, 6.07) is 5.30. The molecule has 4 nitrogen and oxygen atoms in total. The van der Waals surface area contributed by atoms with Gasteiger partial charge in [0.2, 0.25) is 0 Å². The molecule has 2 aromatic rings. The van der Waals surface area contributed by atoms with E-state index in [2.05, 4.69) is 4.98 Å². The summed E-state index contributed by atoms with van der Waals surface area (Å²) in [4.78, 5) is 26.7. The topological polar surface area (TPSA) is 52.0 Å². The average Bonchev–Trinajstić information content (AvgIpc) is 2.59. The van der Waals surface area contributed by atoms with Crippen molar-refractivity contribution in [2.75, 3.05) is 0 Å². The predicted molar refractivity (Wildman–Crippen MR) is 60.3 cm³/mol. The van der Waals surface area contributed by atoms with Crippen molar-refractivity contribution in [1.82, 2.24) is 9.55 Å². The number of Topliss-reactive ketones (excluding diaryl/α,β-unsaturated/α-hetero) is 2. The second-order valence-electron chi connectivity index (χ2n) is 3.86. The van der Waals surface area contributed by atoms with Gasteiger partial charge in [-0.25, -0.2) is 4.98 Å². The number of ketones is 2. The third-order valence-electron chi connectivity index (χ3n) is 2.46. The maximum absolute atomic E-state index is 11.7. The van der Waals surface area contributed by atoms with E-state index in [-0.39, 0.29) is 18.0 Å². The fraction of sp³-hybridized carbons (Fsp3) is 0.250. The Morgan fingerprint density at radius 3 is 2.81 bits per heavy atom. The third kappa shape index (κ3) is 1.86. The smallest absolute Gasteiger partial charge is 0.170 e. The first-order chi connectivity index (χ1) is 7.58.